The van der Waals surface area contributed by atoms with Crippen LogP contribution >= 0.6 is 0 Å². The standard InChI is InChI=1S/C27H29F3N6O3/c1-15-10-33-24(21(23(31)37-3)22(32-2)17-8-9-17)35-26(15)39-12-16-4-6-18(7-5-16)25-34-20(27(28,29)30)11-36(25)19-13-38-14-19/h4-7,10-11,17,19H,8-9,12-14,31H2,1-3H3. The molecular formula is C27H29F3N6O3. The highest BCUT2D eigenvalue weighted by molar-refractivity contribution is 6.25. The van der Waals surface area contributed by atoms with Gasteiger partial charge in [0.15, 0.2) is 17.4 Å². The van der Waals surface area contributed by atoms with E-state index in [4.69, 9.17) is 19.9 Å². The lowest BCUT2D eigenvalue weighted by molar-refractivity contribution is -0.141. The summed E-state index contributed by atoms with van der Waals surface area (Å²) in [6.45, 7) is 2.73. The molecule has 3 aromatic rings. The number of alkyl halides is 3. The number of nitrogens with two attached hydrogens (primary N) is 1. The van der Waals surface area contributed by atoms with E-state index in [2.05, 4.69) is 19.9 Å². The zero-order valence-electron chi connectivity index (χ0n) is 21.8. The second kappa shape index (κ2) is 10.7. The van der Waals surface area contributed by atoms with Crippen molar-refractivity contribution in [2.45, 2.75) is 38.6 Å². The topological polar surface area (TPSA) is 110 Å². The molecule has 2 aromatic heterocycles. The molecule has 206 valence electrons. The van der Waals surface area contributed by atoms with E-state index >= 15 is 0 Å². The Morgan fingerprint density at radius 1 is 1.18 bits per heavy atom. The van der Waals surface area contributed by atoms with E-state index in [-0.39, 0.29) is 24.4 Å². The molecule has 1 aliphatic heterocycles. The van der Waals surface area contributed by atoms with Crippen LogP contribution in [-0.4, -0.2) is 52.6 Å². The summed E-state index contributed by atoms with van der Waals surface area (Å²) in [6.07, 6.45) is 0.214. The predicted molar refractivity (Wildman–Crippen MR) is 138 cm³/mol. The minimum absolute atomic E-state index is 0.175. The molecule has 0 radical (unpaired) electrons. The SMILES string of the molecule is CN=C(C(=C(N)OC)c1ncc(C)c(OCc2ccc(-c3nc(C(F)(F)F)cn3C3COC3)cc2)n1)C1CC1. The molecule has 1 saturated heterocycles. The lowest BCUT2D eigenvalue weighted by atomic mass is 10.1. The summed E-state index contributed by atoms with van der Waals surface area (Å²) in [5, 5.41) is 0. The van der Waals surface area contributed by atoms with Gasteiger partial charge in [0, 0.05) is 36.5 Å². The minimum atomic E-state index is -4.53. The zero-order valence-corrected chi connectivity index (χ0v) is 21.8. The quantitative estimate of drug-likeness (QED) is 0.312. The van der Waals surface area contributed by atoms with Crippen molar-refractivity contribution in [3.05, 3.63) is 65.2 Å². The van der Waals surface area contributed by atoms with Crippen LogP contribution in [0.5, 0.6) is 5.88 Å². The molecule has 2 fully saturated rings. The van der Waals surface area contributed by atoms with Gasteiger partial charge in [-0.25, -0.2) is 9.97 Å². The number of methoxy groups -OCH3 is 1. The van der Waals surface area contributed by atoms with Crippen LogP contribution in [0.25, 0.3) is 17.0 Å². The molecule has 0 atom stereocenters. The fourth-order valence-corrected chi connectivity index (χ4v) is 4.31. The Kier molecular flexibility index (Phi) is 7.30. The number of hydrogen-bond acceptors (Lipinski definition) is 8. The molecule has 5 rings (SSSR count). The average molecular weight is 543 g/mol. The van der Waals surface area contributed by atoms with Crippen molar-refractivity contribution >= 4 is 11.3 Å². The molecule has 2 aliphatic rings. The molecule has 39 heavy (non-hydrogen) atoms. The molecule has 0 amide bonds. The summed E-state index contributed by atoms with van der Waals surface area (Å²) in [4.78, 5) is 17.4. The fraction of sp³-hybridized carbons (Fsp3) is 0.407. The maximum atomic E-state index is 13.3. The zero-order chi connectivity index (χ0) is 27.7. The Labute approximate surface area is 223 Å². The van der Waals surface area contributed by atoms with E-state index in [0.717, 1.165) is 35.9 Å². The van der Waals surface area contributed by atoms with E-state index in [9.17, 15) is 13.2 Å². The summed E-state index contributed by atoms with van der Waals surface area (Å²) in [6, 6.07) is 6.87. The van der Waals surface area contributed by atoms with Gasteiger partial charge in [-0.05, 0) is 25.3 Å². The van der Waals surface area contributed by atoms with Gasteiger partial charge in [-0.1, -0.05) is 24.3 Å². The Hall–Kier alpha value is -3.93. The van der Waals surface area contributed by atoms with Crippen molar-refractivity contribution in [1.29, 1.82) is 0 Å². The number of rotatable bonds is 9. The van der Waals surface area contributed by atoms with E-state index < -0.39 is 11.9 Å². The van der Waals surface area contributed by atoms with Crippen LogP contribution in [0, 0.1) is 12.8 Å². The molecule has 0 spiro atoms. The lowest BCUT2D eigenvalue weighted by Gasteiger charge is -2.28. The van der Waals surface area contributed by atoms with Gasteiger partial charge in [0.05, 0.1) is 32.1 Å². The van der Waals surface area contributed by atoms with Gasteiger partial charge in [0.25, 0.3) is 0 Å². The van der Waals surface area contributed by atoms with Crippen molar-refractivity contribution in [3.63, 3.8) is 0 Å². The molecule has 9 nitrogen and oxygen atoms in total. The number of allylic oxidation sites excluding steroid dienone is 1. The predicted octanol–water partition coefficient (Wildman–Crippen LogP) is 4.57. The monoisotopic (exact) mass is 542 g/mol. The molecule has 1 aliphatic carbocycles. The third kappa shape index (κ3) is 5.60. The van der Waals surface area contributed by atoms with Crippen molar-refractivity contribution < 1.29 is 27.4 Å². The lowest BCUT2D eigenvalue weighted by Crippen LogP contribution is -2.30. The summed E-state index contributed by atoms with van der Waals surface area (Å²) in [5.41, 5.74) is 8.70. The molecule has 2 N–H and O–H groups in total. The maximum Gasteiger partial charge on any atom is 0.434 e. The van der Waals surface area contributed by atoms with Crippen molar-refractivity contribution in [2.24, 2.45) is 16.6 Å². The van der Waals surface area contributed by atoms with E-state index in [1.54, 1.807) is 37.5 Å². The largest absolute Gasteiger partial charge is 0.482 e. The van der Waals surface area contributed by atoms with Crippen molar-refractivity contribution in [3.8, 4) is 17.3 Å². The van der Waals surface area contributed by atoms with Gasteiger partial charge in [-0.15, -0.1) is 0 Å². The summed E-state index contributed by atoms with van der Waals surface area (Å²) in [7, 11) is 3.20. The maximum absolute atomic E-state index is 13.3. The van der Waals surface area contributed by atoms with Crippen LogP contribution in [0.2, 0.25) is 0 Å². The van der Waals surface area contributed by atoms with Crippen LogP contribution < -0.4 is 10.5 Å². The van der Waals surface area contributed by atoms with Gasteiger partial charge in [0.2, 0.25) is 5.88 Å². The molecule has 3 heterocycles. The number of halogens is 3. The number of imidazole rings is 1. The Balaban J connectivity index is 1.35. The third-order valence-corrected chi connectivity index (χ3v) is 6.70. The molecular weight excluding hydrogens is 513 g/mol. The molecule has 12 heteroatoms. The van der Waals surface area contributed by atoms with Gasteiger partial charge < -0.3 is 24.5 Å². The summed E-state index contributed by atoms with van der Waals surface area (Å²) in [5.74, 6) is 1.48. The normalized spacial score (nSPS) is 17.0. The van der Waals surface area contributed by atoms with E-state index in [1.807, 2.05) is 6.92 Å². The summed E-state index contributed by atoms with van der Waals surface area (Å²) < 4.78 is 58.0. The first-order valence-corrected chi connectivity index (χ1v) is 12.5. The van der Waals surface area contributed by atoms with Gasteiger partial charge in [-0.3, -0.25) is 4.99 Å². The number of nitrogens with zero attached hydrogens (tertiary/aromatic N) is 5. The van der Waals surface area contributed by atoms with Crippen LogP contribution in [0.1, 0.15) is 41.5 Å². The minimum Gasteiger partial charge on any atom is -0.482 e. The molecule has 0 bridgehead atoms. The van der Waals surface area contributed by atoms with Crippen LogP contribution in [0.4, 0.5) is 13.2 Å². The number of aromatic nitrogens is 4. The van der Waals surface area contributed by atoms with E-state index in [1.165, 1.54) is 11.7 Å². The number of hydrogen-bond donors (Lipinski definition) is 1. The van der Waals surface area contributed by atoms with Crippen molar-refractivity contribution in [1.82, 2.24) is 19.5 Å². The number of benzene rings is 1. The van der Waals surface area contributed by atoms with Crippen molar-refractivity contribution in [2.75, 3.05) is 27.4 Å². The van der Waals surface area contributed by atoms with Gasteiger partial charge in [0.1, 0.15) is 18.0 Å². The average Bonchev–Trinajstić information content (AvgIpc) is 3.63. The Morgan fingerprint density at radius 3 is 2.46 bits per heavy atom. The smallest absolute Gasteiger partial charge is 0.434 e. The molecule has 0 unspecified atom stereocenters. The first-order chi connectivity index (χ1) is 18.7. The van der Waals surface area contributed by atoms with E-state index in [0.29, 0.717) is 42.0 Å². The fourth-order valence-electron chi connectivity index (χ4n) is 4.31. The first-order valence-electron chi connectivity index (χ1n) is 12.5. The molecule has 1 saturated carbocycles. The Morgan fingerprint density at radius 2 is 1.90 bits per heavy atom. The third-order valence-electron chi connectivity index (χ3n) is 6.70. The number of aliphatic imine (C=N–C) groups is 1. The van der Waals surface area contributed by atoms with Crippen LogP contribution in [0.15, 0.2) is 47.5 Å². The summed E-state index contributed by atoms with van der Waals surface area (Å²) >= 11 is 0. The number of aryl methyl sites for hydroxylation is 1. The first kappa shape index (κ1) is 26.7. The Bertz CT molecular complexity index is 1410. The molecule has 1 aromatic carbocycles. The highest BCUT2D eigenvalue weighted by atomic mass is 19.4. The van der Waals surface area contributed by atoms with Gasteiger partial charge >= 0.3 is 6.18 Å². The second-order valence-electron chi connectivity index (χ2n) is 9.54. The van der Waals surface area contributed by atoms with Gasteiger partial charge in [-0.2, -0.15) is 18.2 Å². The highest BCUT2D eigenvalue weighted by Gasteiger charge is 2.37. The number of ether oxygens (including phenoxy) is 3. The van der Waals surface area contributed by atoms with Crippen LogP contribution in [0.3, 0.4) is 0 Å². The highest BCUT2D eigenvalue weighted by Crippen LogP contribution is 2.37. The van der Waals surface area contributed by atoms with Crippen LogP contribution in [-0.2, 0) is 22.3 Å². The second-order valence-corrected chi connectivity index (χ2v) is 9.54.